The molecular formula is C16H13F3N2O4S2. The van der Waals surface area contributed by atoms with Crippen LogP contribution in [-0.4, -0.2) is 29.2 Å². The molecule has 0 fully saturated rings. The van der Waals surface area contributed by atoms with E-state index >= 15 is 0 Å². The van der Waals surface area contributed by atoms with E-state index in [2.05, 4.69) is 5.32 Å². The number of para-hydroxylation sites is 1. The van der Waals surface area contributed by atoms with Gasteiger partial charge >= 0.3 is 11.2 Å². The van der Waals surface area contributed by atoms with Crippen LogP contribution in [0.15, 0.2) is 52.3 Å². The molecule has 0 unspecified atom stereocenters. The highest BCUT2D eigenvalue weighted by Gasteiger charge is 2.30. The van der Waals surface area contributed by atoms with E-state index in [9.17, 15) is 28.1 Å². The normalized spacial score (nSPS) is 11.1. The molecule has 0 atom stereocenters. The fraction of sp³-hybridized carbons (Fsp3) is 0.188. The summed E-state index contributed by atoms with van der Waals surface area (Å²) in [6, 6.07) is 9.71. The van der Waals surface area contributed by atoms with Gasteiger partial charge in [-0.3, -0.25) is 14.9 Å². The van der Waals surface area contributed by atoms with E-state index in [1.54, 1.807) is 12.3 Å². The number of ether oxygens (including phenoxy) is 1. The van der Waals surface area contributed by atoms with E-state index in [0.29, 0.717) is 4.90 Å². The highest BCUT2D eigenvalue weighted by Crippen LogP contribution is 2.40. The molecule has 144 valence electrons. The molecule has 0 spiro atoms. The number of rotatable bonds is 7. The topological polar surface area (TPSA) is 81.5 Å². The van der Waals surface area contributed by atoms with Gasteiger partial charge in [-0.1, -0.05) is 12.1 Å². The fourth-order valence-electron chi connectivity index (χ4n) is 2.00. The highest BCUT2D eigenvalue weighted by atomic mass is 32.2. The number of nitro groups is 1. The number of halogens is 3. The third-order valence-electron chi connectivity index (χ3n) is 3.11. The van der Waals surface area contributed by atoms with Crippen molar-refractivity contribution >= 4 is 40.8 Å². The van der Waals surface area contributed by atoms with E-state index in [4.69, 9.17) is 4.74 Å². The lowest BCUT2D eigenvalue weighted by molar-refractivity contribution is -0.386. The minimum absolute atomic E-state index is 0.0272. The molecular weight excluding hydrogens is 405 g/mol. The molecule has 0 aliphatic heterocycles. The average Bonchev–Trinajstić information content (AvgIpc) is 2.60. The third kappa shape index (κ3) is 6.36. The minimum atomic E-state index is -4.50. The van der Waals surface area contributed by atoms with Crippen molar-refractivity contribution in [2.75, 3.05) is 18.2 Å². The SMILES string of the molecule is CSc1ccc(OCC(=O)Nc2ccccc2SC(F)(F)F)c([N+](=O)[O-])c1. The number of carbonyl (C=O) groups excluding carboxylic acids is 1. The van der Waals surface area contributed by atoms with Gasteiger partial charge in [0.25, 0.3) is 5.91 Å². The summed E-state index contributed by atoms with van der Waals surface area (Å²) >= 11 is 0.955. The molecule has 2 aromatic rings. The number of alkyl halides is 3. The van der Waals surface area contributed by atoms with Gasteiger partial charge in [0.15, 0.2) is 12.4 Å². The number of carbonyl (C=O) groups is 1. The molecule has 0 heterocycles. The summed E-state index contributed by atoms with van der Waals surface area (Å²) in [4.78, 5) is 23.0. The van der Waals surface area contributed by atoms with E-state index in [1.165, 1.54) is 48.2 Å². The minimum Gasteiger partial charge on any atom is -0.477 e. The second kappa shape index (κ2) is 9.00. The van der Waals surface area contributed by atoms with Crippen molar-refractivity contribution in [2.24, 2.45) is 0 Å². The van der Waals surface area contributed by atoms with Gasteiger partial charge in [-0.05, 0) is 42.3 Å². The van der Waals surface area contributed by atoms with Crippen LogP contribution in [0.5, 0.6) is 5.75 Å². The number of anilines is 1. The monoisotopic (exact) mass is 418 g/mol. The summed E-state index contributed by atoms with van der Waals surface area (Å²) in [5, 5.41) is 13.4. The zero-order chi connectivity index (χ0) is 20.0. The molecule has 0 bridgehead atoms. The van der Waals surface area contributed by atoms with Crippen LogP contribution in [0.4, 0.5) is 24.5 Å². The second-order valence-electron chi connectivity index (χ2n) is 4.97. The number of hydrogen-bond acceptors (Lipinski definition) is 6. The highest BCUT2D eigenvalue weighted by molar-refractivity contribution is 8.00. The van der Waals surface area contributed by atoms with Gasteiger partial charge in [0, 0.05) is 15.9 Å². The molecule has 0 radical (unpaired) electrons. The van der Waals surface area contributed by atoms with Crippen LogP contribution in [0.1, 0.15) is 0 Å². The zero-order valence-electron chi connectivity index (χ0n) is 13.8. The second-order valence-corrected chi connectivity index (χ2v) is 6.96. The Kier molecular flexibility index (Phi) is 6.97. The molecule has 27 heavy (non-hydrogen) atoms. The molecule has 0 saturated heterocycles. The van der Waals surface area contributed by atoms with Crippen LogP contribution in [0.2, 0.25) is 0 Å². The summed E-state index contributed by atoms with van der Waals surface area (Å²) in [6.07, 6.45) is 1.75. The van der Waals surface area contributed by atoms with E-state index < -0.39 is 22.9 Å². The predicted molar refractivity (Wildman–Crippen MR) is 97.4 cm³/mol. The molecule has 0 aliphatic carbocycles. The molecule has 0 aliphatic rings. The van der Waals surface area contributed by atoms with Crippen LogP contribution in [0, 0.1) is 10.1 Å². The summed E-state index contributed by atoms with van der Waals surface area (Å²) in [6.45, 7) is -0.593. The summed E-state index contributed by atoms with van der Waals surface area (Å²) in [7, 11) is 0. The van der Waals surface area contributed by atoms with Crippen molar-refractivity contribution in [3.63, 3.8) is 0 Å². The van der Waals surface area contributed by atoms with Gasteiger partial charge in [0.1, 0.15) is 0 Å². The van der Waals surface area contributed by atoms with Gasteiger partial charge in [-0.15, -0.1) is 11.8 Å². The Morgan fingerprint density at radius 3 is 2.59 bits per heavy atom. The Labute approximate surface area is 160 Å². The molecule has 11 heteroatoms. The van der Waals surface area contributed by atoms with Crippen molar-refractivity contribution in [2.45, 2.75) is 15.3 Å². The Hall–Kier alpha value is -2.40. The van der Waals surface area contributed by atoms with Crippen molar-refractivity contribution in [3.05, 3.63) is 52.6 Å². The number of nitrogens with zero attached hydrogens (tertiary/aromatic N) is 1. The van der Waals surface area contributed by atoms with Gasteiger partial charge in [-0.2, -0.15) is 13.2 Å². The Bertz CT molecular complexity index is 847. The molecule has 1 N–H and O–H groups in total. The van der Waals surface area contributed by atoms with E-state index in [0.717, 1.165) is 0 Å². The number of nitro benzene ring substituents is 1. The molecule has 0 aromatic heterocycles. The van der Waals surface area contributed by atoms with Crippen molar-refractivity contribution in [1.29, 1.82) is 0 Å². The van der Waals surface area contributed by atoms with Gasteiger partial charge in [-0.25, -0.2) is 0 Å². The van der Waals surface area contributed by atoms with Crippen LogP contribution in [0.25, 0.3) is 0 Å². The number of hydrogen-bond donors (Lipinski definition) is 1. The maximum absolute atomic E-state index is 12.6. The molecule has 1 amide bonds. The number of amides is 1. The Morgan fingerprint density at radius 1 is 1.26 bits per heavy atom. The average molecular weight is 418 g/mol. The molecule has 0 saturated carbocycles. The Morgan fingerprint density at radius 2 is 1.96 bits per heavy atom. The maximum Gasteiger partial charge on any atom is 0.446 e. The quantitative estimate of drug-likeness (QED) is 0.389. The van der Waals surface area contributed by atoms with Crippen molar-refractivity contribution < 1.29 is 27.6 Å². The summed E-state index contributed by atoms with van der Waals surface area (Å²) < 4.78 is 42.9. The van der Waals surface area contributed by atoms with Gasteiger partial charge in [0.2, 0.25) is 0 Å². The van der Waals surface area contributed by atoms with Crippen molar-refractivity contribution in [3.8, 4) is 5.75 Å². The van der Waals surface area contributed by atoms with Gasteiger partial charge in [0.05, 0.1) is 10.6 Å². The van der Waals surface area contributed by atoms with Gasteiger partial charge < -0.3 is 10.1 Å². The first-order valence-electron chi connectivity index (χ1n) is 7.29. The molecule has 6 nitrogen and oxygen atoms in total. The maximum atomic E-state index is 12.6. The molecule has 2 aromatic carbocycles. The lowest BCUT2D eigenvalue weighted by Gasteiger charge is -2.12. The first-order chi connectivity index (χ1) is 12.7. The largest absolute Gasteiger partial charge is 0.477 e. The van der Waals surface area contributed by atoms with Crippen LogP contribution >= 0.6 is 23.5 Å². The predicted octanol–water partition coefficient (Wildman–Crippen LogP) is 4.95. The number of thioether (sulfide) groups is 2. The lowest BCUT2D eigenvalue weighted by Crippen LogP contribution is -2.21. The van der Waals surface area contributed by atoms with Crippen LogP contribution in [-0.2, 0) is 4.79 Å². The standard InChI is InChI=1S/C16H13F3N2O4S2/c1-26-10-6-7-13(12(8-10)21(23)24)25-9-15(22)20-11-4-2-3-5-14(11)27-16(17,18)19/h2-8H,9H2,1H3,(H,20,22). The van der Waals surface area contributed by atoms with Crippen LogP contribution in [0.3, 0.4) is 0 Å². The zero-order valence-corrected chi connectivity index (χ0v) is 15.4. The first-order valence-corrected chi connectivity index (χ1v) is 9.33. The third-order valence-corrected chi connectivity index (χ3v) is 4.64. The molecule has 2 rings (SSSR count). The number of nitrogens with one attached hydrogen (secondary N) is 1. The summed E-state index contributed by atoms with van der Waals surface area (Å²) in [5.74, 6) is -0.848. The van der Waals surface area contributed by atoms with Crippen molar-refractivity contribution in [1.82, 2.24) is 0 Å². The fourth-order valence-corrected chi connectivity index (χ4v) is 3.06. The lowest BCUT2D eigenvalue weighted by atomic mass is 10.3. The van der Waals surface area contributed by atoms with E-state index in [1.807, 2.05) is 0 Å². The number of benzene rings is 2. The Balaban J connectivity index is 2.07. The summed E-state index contributed by atoms with van der Waals surface area (Å²) in [5.41, 5.74) is -4.83. The smallest absolute Gasteiger partial charge is 0.446 e. The van der Waals surface area contributed by atoms with Crippen LogP contribution < -0.4 is 10.1 Å². The first kappa shape index (κ1) is 20.9. The van der Waals surface area contributed by atoms with E-state index in [-0.39, 0.29) is 33.8 Å².